The number of ether oxygens (including phenoxy) is 3. The molecule has 1 saturated heterocycles. The van der Waals surface area contributed by atoms with Gasteiger partial charge in [0, 0.05) is 40.0 Å². The Labute approximate surface area is 157 Å². The summed E-state index contributed by atoms with van der Waals surface area (Å²) in [5, 5.41) is 6.13. The third-order valence-corrected chi connectivity index (χ3v) is 3.10. The molecule has 1 fully saturated rings. The first-order valence-electron chi connectivity index (χ1n) is 7.79. The predicted molar refractivity (Wildman–Crippen MR) is 96.1 cm³/mol. The summed E-state index contributed by atoms with van der Waals surface area (Å²) in [7, 11) is 1.64. The molecule has 6 nitrogen and oxygen atoms in total. The van der Waals surface area contributed by atoms with Crippen LogP contribution in [-0.4, -0.2) is 71.4 Å². The Balaban J connectivity index is 0.00000529. The molecule has 1 atom stereocenters. The number of guanidine groups is 1. The number of rotatable bonds is 10. The molecular formula is C14H27F3IN3O3. The van der Waals surface area contributed by atoms with Crippen molar-refractivity contribution in [2.24, 2.45) is 4.99 Å². The number of hydrogen-bond acceptors (Lipinski definition) is 4. The molecule has 0 radical (unpaired) electrons. The van der Waals surface area contributed by atoms with E-state index in [9.17, 15) is 13.2 Å². The third-order valence-electron chi connectivity index (χ3n) is 3.10. The first-order valence-corrected chi connectivity index (χ1v) is 7.79. The van der Waals surface area contributed by atoms with E-state index in [1.54, 1.807) is 7.05 Å². The van der Waals surface area contributed by atoms with Crippen LogP contribution < -0.4 is 10.6 Å². The van der Waals surface area contributed by atoms with Crippen LogP contribution in [0.25, 0.3) is 0 Å². The van der Waals surface area contributed by atoms with E-state index < -0.39 is 12.8 Å². The van der Waals surface area contributed by atoms with Crippen molar-refractivity contribution in [1.82, 2.24) is 10.6 Å². The maximum Gasteiger partial charge on any atom is 0.411 e. The predicted octanol–water partition coefficient (Wildman–Crippen LogP) is 1.93. The van der Waals surface area contributed by atoms with Crippen LogP contribution in [-0.2, 0) is 14.2 Å². The molecule has 0 aromatic rings. The van der Waals surface area contributed by atoms with E-state index in [1.165, 1.54) is 0 Å². The first kappa shape index (κ1) is 23.7. The van der Waals surface area contributed by atoms with Gasteiger partial charge in [-0.15, -0.1) is 24.0 Å². The average Bonchev–Trinajstić information content (AvgIpc) is 3.00. The first-order chi connectivity index (χ1) is 11.0. The number of halogens is 4. The van der Waals surface area contributed by atoms with Gasteiger partial charge in [0.1, 0.15) is 6.61 Å². The molecule has 0 bridgehead atoms. The highest BCUT2D eigenvalue weighted by molar-refractivity contribution is 14.0. The van der Waals surface area contributed by atoms with Crippen molar-refractivity contribution in [3.8, 4) is 0 Å². The number of nitrogens with one attached hydrogen (secondary N) is 2. The molecule has 1 rings (SSSR count). The summed E-state index contributed by atoms with van der Waals surface area (Å²) >= 11 is 0. The molecule has 0 aliphatic carbocycles. The number of alkyl halides is 3. The molecular weight excluding hydrogens is 442 g/mol. The van der Waals surface area contributed by atoms with Crippen LogP contribution in [0, 0.1) is 0 Å². The van der Waals surface area contributed by atoms with E-state index in [0.717, 1.165) is 19.4 Å². The lowest BCUT2D eigenvalue weighted by atomic mass is 10.3. The highest BCUT2D eigenvalue weighted by Gasteiger charge is 2.27. The summed E-state index contributed by atoms with van der Waals surface area (Å²) < 4.78 is 51.0. The Morgan fingerprint density at radius 2 is 1.88 bits per heavy atom. The second-order valence-electron chi connectivity index (χ2n) is 5.16. The number of aliphatic imine (C=N–C) groups is 1. The van der Waals surface area contributed by atoms with Crippen LogP contribution in [0.1, 0.15) is 19.3 Å². The van der Waals surface area contributed by atoms with Crippen molar-refractivity contribution in [1.29, 1.82) is 0 Å². The van der Waals surface area contributed by atoms with Gasteiger partial charge in [-0.3, -0.25) is 4.99 Å². The highest BCUT2D eigenvalue weighted by atomic mass is 127. The number of hydrogen-bond donors (Lipinski definition) is 2. The molecule has 10 heteroatoms. The zero-order valence-corrected chi connectivity index (χ0v) is 16.2. The summed E-state index contributed by atoms with van der Waals surface area (Å²) in [5.41, 5.74) is 0. The van der Waals surface area contributed by atoms with Gasteiger partial charge in [-0.25, -0.2) is 0 Å². The fourth-order valence-electron chi connectivity index (χ4n) is 1.96. The Morgan fingerprint density at radius 3 is 2.42 bits per heavy atom. The molecule has 1 unspecified atom stereocenters. The molecule has 1 aliphatic heterocycles. The van der Waals surface area contributed by atoms with E-state index in [1.807, 2.05) is 0 Å². The summed E-state index contributed by atoms with van der Waals surface area (Å²) in [6.45, 7) is 2.15. The van der Waals surface area contributed by atoms with Gasteiger partial charge in [0.25, 0.3) is 0 Å². The van der Waals surface area contributed by atoms with E-state index in [0.29, 0.717) is 38.7 Å². The second-order valence-corrected chi connectivity index (χ2v) is 5.16. The van der Waals surface area contributed by atoms with E-state index in [4.69, 9.17) is 9.47 Å². The standard InChI is InChI=1S/C14H26F3N3O3.HI/c1-18-13(19-5-2-7-22-11-14(15,16)17)20-6-3-8-23-12-4-9-21-10-12;/h12H,2-11H2,1H3,(H2,18,19,20);1H. The summed E-state index contributed by atoms with van der Waals surface area (Å²) in [5.74, 6) is 0.616. The minimum absolute atomic E-state index is 0. The van der Waals surface area contributed by atoms with Crippen molar-refractivity contribution < 1.29 is 27.4 Å². The van der Waals surface area contributed by atoms with Crippen LogP contribution in [0.3, 0.4) is 0 Å². The fraction of sp³-hybridized carbons (Fsp3) is 0.929. The van der Waals surface area contributed by atoms with Crippen LogP contribution in [0.4, 0.5) is 13.2 Å². The summed E-state index contributed by atoms with van der Waals surface area (Å²) in [4.78, 5) is 4.03. The largest absolute Gasteiger partial charge is 0.411 e. The van der Waals surface area contributed by atoms with Gasteiger partial charge in [-0.2, -0.15) is 13.2 Å². The normalized spacial score (nSPS) is 18.3. The molecule has 0 aromatic carbocycles. The lowest BCUT2D eigenvalue weighted by molar-refractivity contribution is -0.173. The molecule has 1 aliphatic rings. The number of nitrogens with zero attached hydrogens (tertiary/aromatic N) is 1. The maximum absolute atomic E-state index is 11.9. The topological polar surface area (TPSA) is 64.1 Å². The van der Waals surface area contributed by atoms with Gasteiger partial charge in [0.05, 0.1) is 12.7 Å². The van der Waals surface area contributed by atoms with Crippen LogP contribution in [0.2, 0.25) is 0 Å². The minimum Gasteiger partial charge on any atom is -0.379 e. The Hall–Kier alpha value is -0.330. The third kappa shape index (κ3) is 13.0. The van der Waals surface area contributed by atoms with Crippen LogP contribution in [0.15, 0.2) is 4.99 Å². The monoisotopic (exact) mass is 469 g/mol. The molecule has 0 amide bonds. The van der Waals surface area contributed by atoms with Gasteiger partial charge in [-0.05, 0) is 19.3 Å². The van der Waals surface area contributed by atoms with Crippen molar-refractivity contribution in [2.45, 2.75) is 31.5 Å². The molecule has 0 spiro atoms. The van der Waals surface area contributed by atoms with E-state index >= 15 is 0 Å². The zero-order valence-electron chi connectivity index (χ0n) is 13.9. The summed E-state index contributed by atoms with van der Waals surface area (Å²) in [6, 6.07) is 0. The fourth-order valence-corrected chi connectivity index (χ4v) is 1.96. The quantitative estimate of drug-likeness (QED) is 0.222. The molecule has 24 heavy (non-hydrogen) atoms. The van der Waals surface area contributed by atoms with Crippen molar-refractivity contribution in [2.75, 3.05) is 53.2 Å². The lowest BCUT2D eigenvalue weighted by Gasteiger charge is -2.13. The molecule has 0 aromatic heterocycles. The maximum atomic E-state index is 11.9. The van der Waals surface area contributed by atoms with Gasteiger partial charge < -0.3 is 24.8 Å². The van der Waals surface area contributed by atoms with E-state index in [2.05, 4.69) is 20.4 Å². The van der Waals surface area contributed by atoms with Crippen molar-refractivity contribution in [3.05, 3.63) is 0 Å². The molecule has 144 valence electrons. The van der Waals surface area contributed by atoms with Gasteiger partial charge in [0.15, 0.2) is 5.96 Å². The average molecular weight is 469 g/mol. The SMILES string of the molecule is CN=C(NCCCOCC(F)(F)F)NCCCOC1CCOC1.I. The smallest absolute Gasteiger partial charge is 0.379 e. The van der Waals surface area contributed by atoms with E-state index in [-0.39, 0.29) is 36.7 Å². The highest BCUT2D eigenvalue weighted by Crippen LogP contribution is 2.14. The van der Waals surface area contributed by atoms with Crippen LogP contribution in [0.5, 0.6) is 0 Å². The molecule has 1 heterocycles. The Bertz CT molecular complexity index is 341. The molecule has 2 N–H and O–H groups in total. The van der Waals surface area contributed by atoms with Gasteiger partial charge in [0.2, 0.25) is 0 Å². The van der Waals surface area contributed by atoms with Gasteiger partial charge in [-0.1, -0.05) is 0 Å². The Kier molecular flexibility index (Phi) is 13.7. The summed E-state index contributed by atoms with van der Waals surface area (Å²) in [6.07, 6.45) is -1.79. The molecule has 0 saturated carbocycles. The second kappa shape index (κ2) is 13.9. The lowest BCUT2D eigenvalue weighted by Crippen LogP contribution is -2.38. The van der Waals surface area contributed by atoms with Crippen molar-refractivity contribution >= 4 is 29.9 Å². The Morgan fingerprint density at radius 1 is 1.21 bits per heavy atom. The van der Waals surface area contributed by atoms with Crippen LogP contribution >= 0.6 is 24.0 Å². The minimum atomic E-state index is -4.27. The van der Waals surface area contributed by atoms with Crippen molar-refractivity contribution in [3.63, 3.8) is 0 Å². The zero-order chi connectivity index (χ0) is 17.0. The van der Waals surface area contributed by atoms with Gasteiger partial charge >= 0.3 is 6.18 Å².